The molecule has 2 amide bonds. The first kappa shape index (κ1) is 24.7. The van der Waals surface area contributed by atoms with Gasteiger partial charge in [0, 0.05) is 25.9 Å². The van der Waals surface area contributed by atoms with Crippen LogP contribution in [0.3, 0.4) is 0 Å². The van der Waals surface area contributed by atoms with Crippen molar-refractivity contribution in [3.63, 3.8) is 0 Å². The molecule has 0 saturated heterocycles. The van der Waals surface area contributed by atoms with Gasteiger partial charge in [-0.3, -0.25) is 9.59 Å². The van der Waals surface area contributed by atoms with E-state index in [0.717, 1.165) is 34.4 Å². The van der Waals surface area contributed by atoms with E-state index in [1.807, 2.05) is 54.3 Å². The van der Waals surface area contributed by atoms with Crippen molar-refractivity contribution >= 4 is 11.8 Å². The fraction of sp³-hybridized carbons (Fsp3) is 0.333. The molecule has 5 heterocycles. The minimum Gasteiger partial charge on any atom is -0.504 e. The average Bonchev–Trinajstić information content (AvgIpc) is 2.92. The molecule has 1 unspecified atom stereocenters. The van der Waals surface area contributed by atoms with Crippen LogP contribution in [0.2, 0.25) is 0 Å². The molecule has 0 radical (unpaired) electrons. The van der Waals surface area contributed by atoms with Crippen LogP contribution < -0.4 is 14.8 Å². The second kappa shape index (κ2) is 10.9. The van der Waals surface area contributed by atoms with Crippen molar-refractivity contribution in [2.45, 2.75) is 45.1 Å². The molecule has 192 valence electrons. The van der Waals surface area contributed by atoms with E-state index >= 15 is 0 Å². The summed E-state index contributed by atoms with van der Waals surface area (Å²) >= 11 is 0. The molecular formula is C30H32N2O5. The number of aryl methyl sites for hydroxylation is 1. The number of hydrogen-bond donors (Lipinski definition) is 2. The SMILES string of the molecule is CCC(=O)N1CCc2cc3ccc2C1c1ccc(cc1)OCCCNC(=O)CCc1ccc(O)c(c1)O3. The molecule has 5 aliphatic rings. The molecule has 0 aliphatic carbocycles. The molecule has 0 aromatic heterocycles. The summed E-state index contributed by atoms with van der Waals surface area (Å²) in [6.45, 7) is 3.54. The Morgan fingerprint density at radius 1 is 1.03 bits per heavy atom. The van der Waals surface area contributed by atoms with Crippen LogP contribution in [0.4, 0.5) is 0 Å². The van der Waals surface area contributed by atoms with Crippen molar-refractivity contribution in [1.29, 1.82) is 0 Å². The second-order valence-corrected chi connectivity index (χ2v) is 9.48. The molecule has 7 heteroatoms. The Kier molecular flexibility index (Phi) is 7.30. The van der Waals surface area contributed by atoms with Gasteiger partial charge in [0.1, 0.15) is 11.5 Å². The monoisotopic (exact) mass is 500 g/mol. The summed E-state index contributed by atoms with van der Waals surface area (Å²) in [5.74, 6) is 1.86. The molecule has 3 aromatic rings. The van der Waals surface area contributed by atoms with Crippen molar-refractivity contribution < 1.29 is 24.2 Å². The zero-order chi connectivity index (χ0) is 25.8. The van der Waals surface area contributed by atoms with Gasteiger partial charge in [-0.05, 0) is 77.9 Å². The standard InChI is InChI=1S/C30H32N2O5/c1-2-29(35)32-16-14-22-19-24-10-11-25(22)30(32)21-6-8-23(9-7-21)36-17-3-15-31-28(34)13-5-20-4-12-26(33)27(18-20)37-24/h4,6-12,18-19,30,33H,2-3,5,13-17H2,1H3,(H,31,34). The zero-order valence-corrected chi connectivity index (χ0v) is 21.0. The third kappa shape index (κ3) is 5.56. The van der Waals surface area contributed by atoms with E-state index in [4.69, 9.17) is 9.47 Å². The quantitative estimate of drug-likeness (QED) is 0.496. The molecule has 7 nitrogen and oxygen atoms in total. The van der Waals surface area contributed by atoms with E-state index in [2.05, 4.69) is 5.32 Å². The topological polar surface area (TPSA) is 88.1 Å². The minimum absolute atomic E-state index is 0.0263. The van der Waals surface area contributed by atoms with Crippen molar-refractivity contribution in [2.24, 2.45) is 0 Å². The van der Waals surface area contributed by atoms with Gasteiger partial charge in [0.15, 0.2) is 11.5 Å². The first-order valence-electron chi connectivity index (χ1n) is 12.9. The maximum atomic E-state index is 12.9. The van der Waals surface area contributed by atoms with Crippen molar-refractivity contribution in [3.8, 4) is 23.0 Å². The van der Waals surface area contributed by atoms with E-state index in [0.29, 0.717) is 56.9 Å². The van der Waals surface area contributed by atoms with Gasteiger partial charge in [-0.25, -0.2) is 0 Å². The number of phenolic OH excluding ortho intramolecular Hbond substituents is 1. The van der Waals surface area contributed by atoms with Gasteiger partial charge in [0.05, 0.1) is 12.6 Å². The van der Waals surface area contributed by atoms with E-state index in [1.54, 1.807) is 18.2 Å². The molecule has 0 saturated carbocycles. The predicted octanol–water partition coefficient (Wildman–Crippen LogP) is 4.90. The number of aromatic hydroxyl groups is 1. The summed E-state index contributed by atoms with van der Waals surface area (Å²) in [4.78, 5) is 27.1. The van der Waals surface area contributed by atoms with Gasteiger partial charge in [-0.2, -0.15) is 0 Å². The minimum atomic E-state index is -0.194. The second-order valence-electron chi connectivity index (χ2n) is 9.48. The number of nitrogens with one attached hydrogen (secondary N) is 1. The molecule has 0 spiro atoms. The smallest absolute Gasteiger partial charge is 0.223 e. The lowest BCUT2D eigenvalue weighted by Gasteiger charge is -2.38. The number of amides is 2. The maximum absolute atomic E-state index is 12.9. The van der Waals surface area contributed by atoms with E-state index in [-0.39, 0.29) is 23.6 Å². The van der Waals surface area contributed by atoms with Gasteiger partial charge in [0.2, 0.25) is 11.8 Å². The first-order chi connectivity index (χ1) is 18.0. The summed E-state index contributed by atoms with van der Waals surface area (Å²) in [7, 11) is 0. The maximum Gasteiger partial charge on any atom is 0.223 e. The number of benzene rings is 3. The number of rotatable bonds is 1. The van der Waals surface area contributed by atoms with Crippen molar-refractivity contribution in [1.82, 2.24) is 10.2 Å². The number of hydrogen-bond acceptors (Lipinski definition) is 5. The van der Waals surface area contributed by atoms with E-state index < -0.39 is 0 Å². The van der Waals surface area contributed by atoms with Crippen molar-refractivity contribution in [3.05, 3.63) is 82.9 Å². The Bertz CT molecular complexity index is 1290. The molecule has 0 fully saturated rings. The first-order valence-corrected chi connectivity index (χ1v) is 12.9. The highest BCUT2D eigenvalue weighted by Gasteiger charge is 2.31. The van der Waals surface area contributed by atoms with Crippen LogP contribution in [0, 0.1) is 0 Å². The summed E-state index contributed by atoms with van der Waals surface area (Å²) in [6, 6.07) is 18.8. The Morgan fingerprint density at radius 3 is 2.65 bits per heavy atom. The number of carbonyl (C=O) groups is 2. The third-order valence-electron chi connectivity index (χ3n) is 6.97. The zero-order valence-electron chi connectivity index (χ0n) is 21.0. The highest BCUT2D eigenvalue weighted by Crippen LogP contribution is 2.39. The lowest BCUT2D eigenvalue weighted by Crippen LogP contribution is -2.40. The summed E-state index contributed by atoms with van der Waals surface area (Å²) in [5.41, 5.74) is 4.11. The highest BCUT2D eigenvalue weighted by molar-refractivity contribution is 5.77. The molecule has 2 N–H and O–H groups in total. The Labute approximate surface area is 217 Å². The fourth-order valence-corrected chi connectivity index (χ4v) is 5.00. The number of carbonyl (C=O) groups excluding carboxylic acids is 2. The van der Waals surface area contributed by atoms with Crippen LogP contribution in [0.5, 0.6) is 23.0 Å². The van der Waals surface area contributed by atoms with Crippen LogP contribution in [0.25, 0.3) is 0 Å². The lowest BCUT2D eigenvalue weighted by atomic mass is 9.87. The molecule has 8 rings (SSSR count). The Morgan fingerprint density at radius 2 is 1.84 bits per heavy atom. The average molecular weight is 501 g/mol. The van der Waals surface area contributed by atoms with Crippen molar-refractivity contribution in [2.75, 3.05) is 19.7 Å². The van der Waals surface area contributed by atoms with Crippen LogP contribution >= 0.6 is 0 Å². The molecule has 8 bridgehead atoms. The lowest BCUT2D eigenvalue weighted by molar-refractivity contribution is -0.133. The molecule has 1 atom stereocenters. The Balaban J connectivity index is 1.52. The largest absolute Gasteiger partial charge is 0.504 e. The number of phenols is 1. The molecule has 3 aromatic carbocycles. The van der Waals surface area contributed by atoms with Crippen LogP contribution in [-0.4, -0.2) is 41.5 Å². The van der Waals surface area contributed by atoms with Gasteiger partial charge in [-0.15, -0.1) is 0 Å². The summed E-state index contributed by atoms with van der Waals surface area (Å²) in [6.07, 6.45) is 2.75. The van der Waals surface area contributed by atoms with E-state index in [1.165, 1.54) is 0 Å². The highest BCUT2D eigenvalue weighted by atomic mass is 16.5. The number of ether oxygens (including phenoxy) is 2. The van der Waals surface area contributed by atoms with Gasteiger partial charge in [0.25, 0.3) is 0 Å². The normalized spacial score (nSPS) is 17.8. The van der Waals surface area contributed by atoms with Crippen LogP contribution in [-0.2, 0) is 22.4 Å². The Hall–Kier alpha value is -4.00. The van der Waals surface area contributed by atoms with Gasteiger partial charge < -0.3 is 24.8 Å². The number of nitrogens with zero attached hydrogens (tertiary/aromatic N) is 1. The molecule has 37 heavy (non-hydrogen) atoms. The summed E-state index contributed by atoms with van der Waals surface area (Å²) < 4.78 is 12.0. The van der Waals surface area contributed by atoms with Crippen LogP contribution in [0.1, 0.15) is 54.5 Å². The summed E-state index contributed by atoms with van der Waals surface area (Å²) in [5, 5.41) is 13.3. The molecular weight excluding hydrogens is 468 g/mol. The predicted molar refractivity (Wildman–Crippen MR) is 140 cm³/mol. The van der Waals surface area contributed by atoms with Gasteiger partial charge >= 0.3 is 0 Å². The van der Waals surface area contributed by atoms with E-state index in [9.17, 15) is 14.7 Å². The fourth-order valence-electron chi connectivity index (χ4n) is 5.00. The third-order valence-corrected chi connectivity index (χ3v) is 6.97. The van der Waals surface area contributed by atoms with Gasteiger partial charge in [-0.1, -0.05) is 31.2 Å². The molecule has 5 aliphatic heterocycles. The van der Waals surface area contributed by atoms with Crippen LogP contribution in [0.15, 0.2) is 60.7 Å².